The molecular weight excluding hydrogens is 1060 g/mol. The zero-order valence-corrected chi connectivity index (χ0v) is 22.2. The summed E-state index contributed by atoms with van der Waals surface area (Å²) in [6.07, 6.45) is 0. The Hall–Kier alpha value is 5.01. The van der Waals surface area contributed by atoms with Crippen molar-refractivity contribution in [2.45, 2.75) is 0 Å². The van der Waals surface area contributed by atoms with Crippen LogP contribution in [0.2, 0.25) is 0 Å². The molecule has 0 saturated carbocycles. The first-order chi connectivity index (χ1) is 0. The normalized spacial score (nSPS) is 0. The van der Waals surface area contributed by atoms with Gasteiger partial charge in [0, 0.05) is 149 Å². The topological polar surface area (TPSA) is 0 Å². The van der Waals surface area contributed by atoms with Gasteiger partial charge in [-0.3, -0.25) is 0 Å². The average molecular weight is 1060 g/mol. The zero-order chi connectivity index (χ0) is 0. The van der Waals surface area contributed by atoms with E-state index in [2.05, 4.69) is 0 Å². The van der Waals surface area contributed by atoms with Gasteiger partial charge in [-0.05, 0) is 0 Å². The zero-order valence-electron chi connectivity index (χ0n) is 2.50. The Morgan fingerprint density at radius 2 is 0.400 bits per heavy atom. The van der Waals surface area contributed by atoms with Crippen molar-refractivity contribution in [3.8, 4) is 0 Å². The average Bonchev–Trinajstić information content (AvgIpc) is 0. The molecule has 0 nitrogen and oxygen atoms in total. The third kappa shape index (κ3) is 17.6. The maximum Gasteiger partial charge on any atom is 0 e. The summed E-state index contributed by atoms with van der Waals surface area (Å²) in [5.41, 5.74) is 0. The molecule has 0 aromatic rings. The number of hydrogen-bond acceptors (Lipinski definition) is 0. The van der Waals surface area contributed by atoms with Gasteiger partial charge in [-0.2, -0.15) is 0 Å². The summed E-state index contributed by atoms with van der Waals surface area (Å²) in [4.78, 5) is 0. The second kappa shape index (κ2) is 23.0. The molecule has 0 amide bonds. The van der Waals surface area contributed by atoms with Crippen LogP contribution in [0.1, 0.15) is 0 Å². The van der Waals surface area contributed by atoms with Gasteiger partial charge >= 0.3 is 0 Å². The molecule has 0 rings (SSSR count). The van der Waals surface area contributed by atoms with E-state index in [0.29, 0.717) is 0 Å². The SMILES string of the molecule is [Pb].[Pb].[Pb].[Pb].[Th]. The Kier molecular flexibility index (Phi) is 149. The van der Waals surface area contributed by atoms with Gasteiger partial charge in [-0.15, -0.1) is 0 Å². The quantitative estimate of drug-likeness (QED) is 0.259. The molecule has 0 fully saturated rings. The minimum atomic E-state index is 0. The third-order valence-corrected chi connectivity index (χ3v) is 0. The largest absolute Gasteiger partial charge is 0 e. The van der Waals surface area contributed by atoms with E-state index in [0.717, 1.165) is 0 Å². The van der Waals surface area contributed by atoms with E-state index in [-0.39, 0.29) is 149 Å². The van der Waals surface area contributed by atoms with Crippen molar-refractivity contribution in [1.82, 2.24) is 0 Å². The van der Waals surface area contributed by atoms with Crippen molar-refractivity contribution in [2.24, 2.45) is 0 Å². The van der Waals surface area contributed by atoms with Gasteiger partial charge in [0.1, 0.15) is 0 Å². The molecule has 5 heteroatoms. The van der Waals surface area contributed by atoms with Crippen molar-refractivity contribution < 1.29 is 39.9 Å². The molecule has 16 radical (unpaired) electrons. The molecule has 0 aliphatic carbocycles. The van der Waals surface area contributed by atoms with Crippen molar-refractivity contribution in [3.05, 3.63) is 0 Å². The summed E-state index contributed by atoms with van der Waals surface area (Å²) in [7, 11) is 0. The molecule has 0 heterocycles. The van der Waals surface area contributed by atoms with Gasteiger partial charge in [0.2, 0.25) is 0 Å². The second-order valence-corrected chi connectivity index (χ2v) is 0. The molecule has 0 unspecified atom stereocenters. The van der Waals surface area contributed by atoms with E-state index in [1.165, 1.54) is 0 Å². The smallest absolute Gasteiger partial charge is 0 e. The van der Waals surface area contributed by atoms with Crippen LogP contribution in [0.25, 0.3) is 0 Å². The fraction of sp³-hybridized carbons (Fsp3) is 0. The Labute approximate surface area is 145 Å². The Balaban J connectivity index is 0. The van der Waals surface area contributed by atoms with Crippen molar-refractivity contribution >= 4 is 109 Å². The molecule has 20 valence electrons. The molecule has 0 aromatic heterocycles. The van der Waals surface area contributed by atoms with Gasteiger partial charge in [-0.25, -0.2) is 0 Å². The standard InChI is InChI=1S/4Pb.Th. The molecule has 0 bridgehead atoms. The monoisotopic (exact) mass is 1060 g/mol. The van der Waals surface area contributed by atoms with Gasteiger partial charge in [-0.1, -0.05) is 0 Å². The maximum atomic E-state index is 0. The summed E-state index contributed by atoms with van der Waals surface area (Å²) in [6.45, 7) is 0. The van der Waals surface area contributed by atoms with Gasteiger partial charge in [0.15, 0.2) is 0 Å². The van der Waals surface area contributed by atoms with Gasteiger partial charge in [0.05, 0.1) is 0 Å². The summed E-state index contributed by atoms with van der Waals surface area (Å²) < 4.78 is 0. The van der Waals surface area contributed by atoms with Crippen LogP contribution in [0.4, 0.5) is 0 Å². The van der Waals surface area contributed by atoms with Crippen LogP contribution >= 0.6 is 0 Å². The minimum Gasteiger partial charge on any atom is 0 e. The first kappa shape index (κ1) is 32.4. The van der Waals surface area contributed by atoms with E-state index in [1.807, 2.05) is 0 Å². The summed E-state index contributed by atoms with van der Waals surface area (Å²) in [5, 5.41) is 0. The Morgan fingerprint density at radius 1 is 0.400 bits per heavy atom. The van der Waals surface area contributed by atoms with Crippen molar-refractivity contribution in [2.75, 3.05) is 0 Å². The van der Waals surface area contributed by atoms with Crippen molar-refractivity contribution in [3.63, 3.8) is 0 Å². The fourth-order valence-electron chi connectivity index (χ4n) is 0. The van der Waals surface area contributed by atoms with Crippen molar-refractivity contribution in [1.29, 1.82) is 0 Å². The molecule has 0 atom stereocenters. The van der Waals surface area contributed by atoms with E-state index >= 15 is 0 Å². The molecule has 0 spiro atoms. The second-order valence-electron chi connectivity index (χ2n) is 0. The predicted octanol–water partition coefficient (Wildman–Crippen LogP) is -1.52. The van der Waals surface area contributed by atoms with E-state index < -0.39 is 0 Å². The molecule has 0 aromatic carbocycles. The first-order valence-corrected chi connectivity index (χ1v) is 0. The van der Waals surface area contributed by atoms with Gasteiger partial charge in [0.25, 0.3) is 0 Å². The predicted molar refractivity (Wildman–Crippen MR) is 23.0 cm³/mol. The van der Waals surface area contributed by atoms with Crippen LogP contribution in [0, 0.1) is 39.9 Å². The molecule has 0 N–H and O–H groups in total. The number of hydrogen-bond donors (Lipinski definition) is 0. The third-order valence-electron chi connectivity index (χ3n) is 0. The summed E-state index contributed by atoms with van der Waals surface area (Å²) in [5.74, 6) is 0. The molecule has 0 aliphatic rings. The minimum absolute atomic E-state index is 0. The number of rotatable bonds is 0. The molecule has 0 saturated heterocycles. The van der Waals surface area contributed by atoms with E-state index in [4.69, 9.17) is 0 Å². The Morgan fingerprint density at radius 3 is 0.400 bits per heavy atom. The van der Waals surface area contributed by atoms with Crippen LogP contribution in [-0.2, 0) is 0 Å². The van der Waals surface area contributed by atoms with Gasteiger partial charge < -0.3 is 0 Å². The molecular formula is Pb4Th. The fourth-order valence-corrected chi connectivity index (χ4v) is 0. The van der Waals surface area contributed by atoms with Crippen LogP contribution in [-0.4, -0.2) is 109 Å². The molecule has 0 aliphatic heterocycles. The van der Waals surface area contributed by atoms with Crippen LogP contribution < -0.4 is 0 Å². The summed E-state index contributed by atoms with van der Waals surface area (Å²) >= 11 is 0. The Bertz CT molecular complexity index is 3.61. The van der Waals surface area contributed by atoms with E-state index in [9.17, 15) is 0 Å². The van der Waals surface area contributed by atoms with Crippen LogP contribution in [0.15, 0.2) is 0 Å². The van der Waals surface area contributed by atoms with E-state index in [1.54, 1.807) is 0 Å². The molecule has 5 heavy (non-hydrogen) atoms. The maximum absolute atomic E-state index is 0. The summed E-state index contributed by atoms with van der Waals surface area (Å²) in [6, 6.07) is 0. The first-order valence-electron chi connectivity index (χ1n) is 0. The van der Waals surface area contributed by atoms with Crippen LogP contribution in [0.3, 0.4) is 0 Å². The van der Waals surface area contributed by atoms with Crippen LogP contribution in [0.5, 0.6) is 0 Å².